The van der Waals surface area contributed by atoms with Crippen LogP contribution in [-0.2, 0) is 0 Å². The third kappa shape index (κ3) is 3.53. The summed E-state index contributed by atoms with van der Waals surface area (Å²) in [6.07, 6.45) is 3.76. The zero-order chi connectivity index (χ0) is 15.4. The van der Waals surface area contributed by atoms with Crippen molar-refractivity contribution in [3.63, 3.8) is 0 Å². The fraction of sp³-hybridized carbons (Fsp3) is 0.357. The van der Waals surface area contributed by atoms with Crippen LogP contribution in [0.4, 0.5) is 17.6 Å². The summed E-state index contributed by atoms with van der Waals surface area (Å²) in [4.78, 5) is 12.5. The standard InChI is InChI=1S/C14H19N7O/c15-13(10-4-2-6-22-10)19-12-7-11(20-14(16)21-12)18-9-3-1-5-17-8-9/h2,4,6-7,9,17H,1,3,5,8H2,(H5,15,16,18,19,20,21). The van der Waals surface area contributed by atoms with Crippen molar-refractivity contribution in [2.24, 2.45) is 10.7 Å². The van der Waals surface area contributed by atoms with Crippen LogP contribution in [0.2, 0.25) is 0 Å². The minimum atomic E-state index is 0.153. The lowest BCUT2D eigenvalue weighted by Gasteiger charge is -2.24. The van der Waals surface area contributed by atoms with E-state index in [1.165, 1.54) is 6.26 Å². The van der Waals surface area contributed by atoms with E-state index in [0.29, 0.717) is 23.4 Å². The summed E-state index contributed by atoms with van der Waals surface area (Å²) in [6.45, 7) is 1.95. The lowest BCUT2D eigenvalue weighted by molar-refractivity contribution is 0.479. The van der Waals surface area contributed by atoms with Gasteiger partial charge >= 0.3 is 0 Å². The summed E-state index contributed by atoms with van der Waals surface area (Å²) >= 11 is 0. The van der Waals surface area contributed by atoms with Gasteiger partial charge in [-0.05, 0) is 31.5 Å². The number of anilines is 2. The molecule has 1 saturated heterocycles. The Morgan fingerprint density at radius 3 is 3.09 bits per heavy atom. The molecule has 6 N–H and O–H groups in total. The van der Waals surface area contributed by atoms with Crippen LogP contribution in [0.15, 0.2) is 33.9 Å². The molecule has 3 rings (SSSR count). The number of aromatic nitrogens is 2. The average molecular weight is 301 g/mol. The van der Waals surface area contributed by atoms with Crippen LogP contribution in [0.5, 0.6) is 0 Å². The monoisotopic (exact) mass is 301 g/mol. The number of nitrogens with one attached hydrogen (secondary N) is 2. The summed E-state index contributed by atoms with van der Waals surface area (Å²) in [5.74, 6) is 1.93. The Hall–Kier alpha value is -2.61. The molecular formula is C14H19N7O. The van der Waals surface area contributed by atoms with Crippen LogP contribution in [-0.4, -0.2) is 34.9 Å². The Bertz CT molecular complexity index is 647. The normalized spacial score (nSPS) is 19.1. The second-order valence-corrected chi connectivity index (χ2v) is 5.13. The van der Waals surface area contributed by atoms with Crippen LogP contribution in [0.25, 0.3) is 0 Å². The van der Waals surface area contributed by atoms with Gasteiger partial charge in [0, 0.05) is 18.7 Å². The molecule has 0 bridgehead atoms. The number of amidine groups is 1. The lowest BCUT2D eigenvalue weighted by atomic mass is 10.1. The number of nitrogens with two attached hydrogens (primary N) is 2. The molecular weight excluding hydrogens is 282 g/mol. The molecule has 2 aromatic heterocycles. The Labute approximate surface area is 128 Å². The predicted molar refractivity (Wildman–Crippen MR) is 85.1 cm³/mol. The molecule has 1 aliphatic rings. The van der Waals surface area contributed by atoms with Gasteiger partial charge in [-0.2, -0.15) is 9.97 Å². The number of nitrogens with zero attached hydrogens (tertiary/aromatic N) is 3. The average Bonchev–Trinajstić information content (AvgIpc) is 3.02. The molecule has 0 spiro atoms. The molecule has 2 aromatic rings. The van der Waals surface area contributed by atoms with Gasteiger partial charge < -0.3 is 26.5 Å². The Balaban J connectivity index is 1.78. The molecule has 22 heavy (non-hydrogen) atoms. The maximum absolute atomic E-state index is 5.88. The summed E-state index contributed by atoms with van der Waals surface area (Å²) in [6, 6.07) is 5.52. The van der Waals surface area contributed by atoms with Crippen molar-refractivity contribution in [2.45, 2.75) is 18.9 Å². The van der Waals surface area contributed by atoms with E-state index in [0.717, 1.165) is 25.9 Å². The topological polar surface area (TPSA) is 127 Å². The highest BCUT2D eigenvalue weighted by molar-refractivity contribution is 5.96. The highest BCUT2D eigenvalue weighted by Gasteiger charge is 2.14. The SMILES string of the molecule is NC(=Nc1cc(NC2CCCNC2)nc(N)n1)c1ccco1. The van der Waals surface area contributed by atoms with Crippen LogP contribution in [0.3, 0.4) is 0 Å². The third-order valence-electron chi connectivity index (χ3n) is 3.39. The quantitative estimate of drug-likeness (QED) is 0.487. The number of aliphatic imine (C=N–C) groups is 1. The maximum atomic E-state index is 5.88. The number of nitrogen functional groups attached to an aromatic ring is 1. The third-order valence-corrected chi connectivity index (χ3v) is 3.39. The summed E-state index contributed by atoms with van der Waals surface area (Å²) in [5, 5.41) is 6.68. The summed E-state index contributed by atoms with van der Waals surface area (Å²) < 4.78 is 5.20. The Morgan fingerprint density at radius 2 is 2.36 bits per heavy atom. The minimum Gasteiger partial charge on any atom is -0.461 e. The first-order valence-corrected chi connectivity index (χ1v) is 7.20. The zero-order valence-electron chi connectivity index (χ0n) is 12.1. The Morgan fingerprint density at radius 1 is 1.45 bits per heavy atom. The number of hydrogen-bond acceptors (Lipinski definition) is 7. The number of hydrogen-bond donors (Lipinski definition) is 4. The molecule has 8 heteroatoms. The number of furan rings is 1. The smallest absolute Gasteiger partial charge is 0.224 e. The van der Waals surface area contributed by atoms with Crippen molar-refractivity contribution in [2.75, 3.05) is 24.1 Å². The molecule has 8 nitrogen and oxygen atoms in total. The number of rotatable bonds is 4. The number of piperidine rings is 1. The predicted octanol–water partition coefficient (Wildman–Crippen LogP) is 0.853. The second kappa shape index (κ2) is 6.44. The van der Waals surface area contributed by atoms with Crippen LogP contribution in [0.1, 0.15) is 18.6 Å². The van der Waals surface area contributed by atoms with Gasteiger partial charge in [0.2, 0.25) is 5.95 Å². The molecule has 1 fully saturated rings. The van der Waals surface area contributed by atoms with Gasteiger partial charge in [0.15, 0.2) is 17.4 Å². The summed E-state index contributed by atoms with van der Waals surface area (Å²) in [5.41, 5.74) is 11.6. The molecule has 0 amide bonds. The molecule has 1 unspecified atom stereocenters. The van der Waals surface area contributed by atoms with E-state index in [2.05, 4.69) is 25.6 Å². The largest absolute Gasteiger partial charge is 0.461 e. The van der Waals surface area contributed by atoms with E-state index in [1.807, 2.05) is 0 Å². The van der Waals surface area contributed by atoms with Gasteiger partial charge in [-0.1, -0.05) is 0 Å². The molecule has 0 aromatic carbocycles. The lowest BCUT2D eigenvalue weighted by Crippen LogP contribution is -2.38. The van der Waals surface area contributed by atoms with E-state index >= 15 is 0 Å². The fourth-order valence-electron chi connectivity index (χ4n) is 2.37. The van der Waals surface area contributed by atoms with E-state index in [9.17, 15) is 0 Å². The zero-order valence-corrected chi connectivity index (χ0v) is 12.1. The molecule has 0 aliphatic carbocycles. The first-order chi connectivity index (χ1) is 10.7. The van der Waals surface area contributed by atoms with Crippen molar-refractivity contribution < 1.29 is 4.42 Å². The van der Waals surface area contributed by atoms with Crippen molar-refractivity contribution >= 4 is 23.4 Å². The molecule has 3 heterocycles. The van der Waals surface area contributed by atoms with E-state index < -0.39 is 0 Å². The molecule has 116 valence electrons. The van der Waals surface area contributed by atoms with Gasteiger partial charge in [0.05, 0.1) is 6.26 Å². The van der Waals surface area contributed by atoms with Crippen molar-refractivity contribution in [1.29, 1.82) is 0 Å². The van der Waals surface area contributed by atoms with Gasteiger partial charge in [0.1, 0.15) is 5.82 Å². The summed E-state index contributed by atoms with van der Waals surface area (Å²) in [7, 11) is 0. The molecule has 1 aliphatic heterocycles. The van der Waals surface area contributed by atoms with Crippen LogP contribution < -0.4 is 22.1 Å². The van der Waals surface area contributed by atoms with Crippen LogP contribution in [0, 0.1) is 0 Å². The first-order valence-electron chi connectivity index (χ1n) is 7.20. The highest BCUT2D eigenvalue weighted by atomic mass is 16.3. The van der Waals surface area contributed by atoms with Gasteiger partial charge in [-0.25, -0.2) is 4.99 Å². The Kier molecular flexibility index (Phi) is 4.19. The maximum Gasteiger partial charge on any atom is 0.224 e. The molecule has 0 saturated carbocycles. The first kappa shape index (κ1) is 14.3. The van der Waals surface area contributed by atoms with Crippen LogP contribution >= 0.6 is 0 Å². The molecule has 0 radical (unpaired) electrons. The second-order valence-electron chi connectivity index (χ2n) is 5.13. The van der Waals surface area contributed by atoms with Gasteiger partial charge in [-0.3, -0.25) is 0 Å². The molecule has 1 atom stereocenters. The van der Waals surface area contributed by atoms with Gasteiger partial charge in [0.25, 0.3) is 0 Å². The van der Waals surface area contributed by atoms with Crippen molar-refractivity contribution in [3.05, 3.63) is 30.2 Å². The van der Waals surface area contributed by atoms with E-state index in [-0.39, 0.29) is 11.8 Å². The van der Waals surface area contributed by atoms with Gasteiger partial charge in [-0.15, -0.1) is 0 Å². The van der Waals surface area contributed by atoms with E-state index in [4.69, 9.17) is 15.9 Å². The minimum absolute atomic E-state index is 0.153. The van der Waals surface area contributed by atoms with Crippen molar-refractivity contribution in [3.8, 4) is 0 Å². The fourth-order valence-corrected chi connectivity index (χ4v) is 2.37. The highest BCUT2D eigenvalue weighted by Crippen LogP contribution is 2.18. The van der Waals surface area contributed by atoms with E-state index in [1.54, 1.807) is 18.2 Å². The van der Waals surface area contributed by atoms with Crippen molar-refractivity contribution in [1.82, 2.24) is 15.3 Å².